The number of aliphatic carboxylic acids is 1. The van der Waals surface area contributed by atoms with Crippen molar-refractivity contribution in [3.63, 3.8) is 0 Å². The zero-order chi connectivity index (χ0) is 25.9. The van der Waals surface area contributed by atoms with Crippen LogP contribution in [0.1, 0.15) is 21.6 Å². The minimum atomic E-state index is -5.08. The number of fused-ring (bicyclic) bond motifs is 2. The number of alkyl halides is 3. The van der Waals surface area contributed by atoms with Crippen molar-refractivity contribution in [2.75, 3.05) is 6.54 Å². The molecule has 0 unspecified atom stereocenters. The van der Waals surface area contributed by atoms with Gasteiger partial charge in [0.25, 0.3) is 5.91 Å². The molecule has 0 bridgehead atoms. The Labute approximate surface area is 203 Å². The standard InChI is InChI=1S/C25H19FN2O.C2HF3O2/c26-19-11-8-17(9-12-19)21-5-3-6-22-23(21)16-28(25(22)29)15-14-20-13-10-18-4-1-2-7-24(18)27-20;3-2(4,5)1(6)7/h1-13H,14-16H2;(H,6,7). The Kier molecular flexibility index (Phi) is 7.00. The van der Waals surface area contributed by atoms with E-state index in [9.17, 15) is 22.4 Å². The molecule has 0 atom stereocenters. The minimum Gasteiger partial charge on any atom is -0.475 e. The summed E-state index contributed by atoms with van der Waals surface area (Å²) in [5.41, 5.74) is 5.61. The average Bonchev–Trinajstić information content (AvgIpc) is 3.18. The van der Waals surface area contributed by atoms with Gasteiger partial charge >= 0.3 is 12.1 Å². The molecular weight excluding hydrogens is 476 g/mol. The normalized spacial score (nSPS) is 12.8. The van der Waals surface area contributed by atoms with Crippen molar-refractivity contribution in [3.8, 4) is 11.1 Å². The maximum Gasteiger partial charge on any atom is 0.490 e. The van der Waals surface area contributed by atoms with Crippen LogP contribution in [-0.2, 0) is 17.8 Å². The molecule has 1 amide bonds. The van der Waals surface area contributed by atoms with E-state index >= 15 is 0 Å². The molecular formula is C27H20F4N2O3. The molecule has 0 spiro atoms. The smallest absolute Gasteiger partial charge is 0.475 e. The molecule has 1 aliphatic rings. The number of rotatable bonds is 4. The molecule has 2 heterocycles. The van der Waals surface area contributed by atoms with Crippen molar-refractivity contribution in [2.24, 2.45) is 0 Å². The topological polar surface area (TPSA) is 70.5 Å². The molecule has 184 valence electrons. The summed E-state index contributed by atoms with van der Waals surface area (Å²) in [5.74, 6) is -2.97. The van der Waals surface area contributed by atoms with Crippen LogP contribution in [0.5, 0.6) is 0 Å². The summed E-state index contributed by atoms with van der Waals surface area (Å²) in [6.07, 6.45) is -4.38. The fourth-order valence-electron chi connectivity index (χ4n) is 3.97. The molecule has 0 radical (unpaired) electrons. The fourth-order valence-corrected chi connectivity index (χ4v) is 3.97. The van der Waals surface area contributed by atoms with Gasteiger partial charge < -0.3 is 10.0 Å². The number of aromatic nitrogens is 1. The molecule has 3 aromatic carbocycles. The zero-order valence-electron chi connectivity index (χ0n) is 18.8. The van der Waals surface area contributed by atoms with E-state index in [0.717, 1.165) is 38.9 Å². The van der Waals surface area contributed by atoms with Gasteiger partial charge in [-0.05, 0) is 47.0 Å². The van der Waals surface area contributed by atoms with Crippen LogP contribution >= 0.6 is 0 Å². The van der Waals surface area contributed by atoms with Crippen molar-refractivity contribution in [2.45, 2.75) is 19.1 Å². The first-order chi connectivity index (χ1) is 17.1. The SMILES string of the molecule is O=C(O)C(F)(F)F.O=C1c2cccc(-c3ccc(F)cc3)c2CN1CCc1ccc2ccccc2n1. The summed E-state index contributed by atoms with van der Waals surface area (Å²) < 4.78 is 45.0. The lowest BCUT2D eigenvalue weighted by molar-refractivity contribution is -0.192. The third kappa shape index (κ3) is 5.51. The quantitative estimate of drug-likeness (QED) is 0.359. The molecule has 0 saturated heterocycles. The Morgan fingerprint density at radius 1 is 0.917 bits per heavy atom. The Hall–Kier alpha value is -4.27. The number of amides is 1. The first-order valence-corrected chi connectivity index (χ1v) is 11.0. The van der Waals surface area contributed by atoms with Gasteiger partial charge in [-0.15, -0.1) is 0 Å². The Morgan fingerprint density at radius 3 is 2.28 bits per heavy atom. The lowest BCUT2D eigenvalue weighted by Gasteiger charge is -2.15. The Bertz CT molecular complexity index is 1420. The van der Waals surface area contributed by atoms with E-state index in [1.165, 1.54) is 12.1 Å². The largest absolute Gasteiger partial charge is 0.490 e. The zero-order valence-corrected chi connectivity index (χ0v) is 18.8. The second-order valence-electron chi connectivity index (χ2n) is 8.11. The summed E-state index contributed by atoms with van der Waals surface area (Å²) in [5, 5.41) is 8.24. The van der Waals surface area contributed by atoms with Gasteiger partial charge in [0, 0.05) is 36.2 Å². The van der Waals surface area contributed by atoms with Gasteiger partial charge in [0.15, 0.2) is 0 Å². The molecule has 5 nitrogen and oxygen atoms in total. The number of pyridine rings is 1. The molecule has 36 heavy (non-hydrogen) atoms. The van der Waals surface area contributed by atoms with E-state index in [1.54, 1.807) is 12.1 Å². The second-order valence-corrected chi connectivity index (χ2v) is 8.11. The molecule has 4 aromatic rings. The fraction of sp³-hybridized carbons (Fsp3) is 0.148. The van der Waals surface area contributed by atoms with Gasteiger partial charge in [-0.1, -0.05) is 48.5 Å². The van der Waals surface area contributed by atoms with Crippen LogP contribution in [0.15, 0.2) is 78.9 Å². The molecule has 0 fully saturated rings. The predicted octanol–water partition coefficient (Wildman–Crippen LogP) is 5.87. The number of para-hydroxylation sites is 1. The number of carboxylic acids is 1. The van der Waals surface area contributed by atoms with E-state index in [2.05, 4.69) is 6.07 Å². The van der Waals surface area contributed by atoms with E-state index < -0.39 is 12.1 Å². The summed E-state index contributed by atoms with van der Waals surface area (Å²) >= 11 is 0. The number of hydrogen-bond acceptors (Lipinski definition) is 3. The van der Waals surface area contributed by atoms with E-state index in [0.29, 0.717) is 19.5 Å². The van der Waals surface area contributed by atoms with Crippen LogP contribution in [-0.4, -0.2) is 39.6 Å². The van der Waals surface area contributed by atoms with Gasteiger partial charge in [0.05, 0.1) is 5.52 Å². The molecule has 0 aliphatic carbocycles. The third-order valence-electron chi connectivity index (χ3n) is 5.73. The summed E-state index contributed by atoms with van der Waals surface area (Å²) in [6.45, 7) is 1.18. The van der Waals surface area contributed by atoms with Crippen LogP contribution < -0.4 is 0 Å². The summed E-state index contributed by atoms with van der Waals surface area (Å²) in [4.78, 5) is 28.4. The number of halogens is 4. The highest BCUT2D eigenvalue weighted by Crippen LogP contribution is 2.33. The van der Waals surface area contributed by atoms with Gasteiger partial charge in [0.1, 0.15) is 5.82 Å². The highest BCUT2D eigenvalue weighted by Gasteiger charge is 2.38. The number of carbonyl (C=O) groups is 2. The Balaban J connectivity index is 0.000000384. The van der Waals surface area contributed by atoms with E-state index in [4.69, 9.17) is 14.9 Å². The summed E-state index contributed by atoms with van der Waals surface area (Å²) in [7, 11) is 0. The van der Waals surface area contributed by atoms with Crippen LogP contribution in [0.4, 0.5) is 17.6 Å². The number of carboxylic acid groups (broad SMARTS) is 1. The number of benzene rings is 3. The highest BCUT2D eigenvalue weighted by molar-refractivity contribution is 6.00. The molecule has 5 rings (SSSR count). The molecule has 9 heteroatoms. The third-order valence-corrected chi connectivity index (χ3v) is 5.73. The van der Waals surface area contributed by atoms with Crippen LogP contribution in [0.2, 0.25) is 0 Å². The van der Waals surface area contributed by atoms with Gasteiger partial charge in [0.2, 0.25) is 0 Å². The van der Waals surface area contributed by atoms with Crippen molar-refractivity contribution in [1.82, 2.24) is 9.88 Å². The Morgan fingerprint density at radius 2 is 1.58 bits per heavy atom. The van der Waals surface area contributed by atoms with Crippen LogP contribution in [0, 0.1) is 5.82 Å². The minimum absolute atomic E-state index is 0.0461. The maximum absolute atomic E-state index is 13.3. The van der Waals surface area contributed by atoms with Crippen molar-refractivity contribution >= 4 is 22.8 Å². The predicted molar refractivity (Wildman–Crippen MR) is 126 cm³/mol. The van der Waals surface area contributed by atoms with Crippen molar-refractivity contribution in [3.05, 3.63) is 102 Å². The van der Waals surface area contributed by atoms with E-state index in [1.807, 2.05) is 53.4 Å². The molecule has 0 saturated carbocycles. The summed E-state index contributed by atoms with van der Waals surface area (Å²) in [6, 6.07) is 24.3. The maximum atomic E-state index is 13.3. The van der Waals surface area contributed by atoms with E-state index in [-0.39, 0.29) is 11.7 Å². The van der Waals surface area contributed by atoms with Gasteiger partial charge in [-0.25, -0.2) is 9.18 Å². The first kappa shape index (κ1) is 24.8. The average molecular weight is 496 g/mol. The highest BCUT2D eigenvalue weighted by atomic mass is 19.4. The lowest BCUT2D eigenvalue weighted by atomic mass is 9.97. The van der Waals surface area contributed by atoms with Crippen molar-refractivity contribution in [1.29, 1.82) is 0 Å². The van der Waals surface area contributed by atoms with Crippen molar-refractivity contribution < 1.29 is 32.3 Å². The monoisotopic (exact) mass is 496 g/mol. The van der Waals surface area contributed by atoms with Crippen LogP contribution in [0.25, 0.3) is 22.0 Å². The first-order valence-electron chi connectivity index (χ1n) is 11.0. The molecule has 1 aromatic heterocycles. The van der Waals surface area contributed by atoms with Crippen LogP contribution in [0.3, 0.4) is 0 Å². The second kappa shape index (κ2) is 10.2. The molecule has 1 N–H and O–H groups in total. The molecule has 1 aliphatic heterocycles. The van der Waals surface area contributed by atoms with Gasteiger partial charge in [-0.2, -0.15) is 13.2 Å². The number of hydrogen-bond donors (Lipinski definition) is 1. The number of carbonyl (C=O) groups excluding carboxylic acids is 1. The van der Waals surface area contributed by atoms with Gasteiger partial charge in [-0.3, -0.25) is 9.78 Å². The lowest BCUT2D eigenvalue weighted by Crippen LogP contribution is -2.26. The number of nitrogens with zero attached hydrogens (tertiary/aromatic N) is 2.